The number of hydrogen-bond acceptors (Lipinski definition) is 3. The standard InChI is InChI=1S/C11H21NO2/c1-3-5-6-9-7-8-10(12-9)11(13)14-4-2/h9-10,12H,3-8H2,1-2H3/t9-,10-/m0/s1. The Morgan fingerprint density at radius 1 is 1.43 bits per heavy atom. The molecule has 82 valence electrons. The maximum Gasteiger partial charge on any atom is 0.323 e. The highest BCUT2D eigenvalue weighted by Gasteiger charge is 2.29. The van der Waals surface area contributed by atoms with Gasteiger partial charge in [0.2, 0.25) is 0 Å². The van der Waals surface area contributed by atoms with Crippen LogP contribution in [0, 0.1) is 0 Å². The number of rotatable bonds is 5. The van der Waals surface area contributed by atoms with E-state index >= 15 is 0 Å². The molecule has 0 amide bonds. The Labute approximate surface area is 86.2 Å². The lowest BCUT2D eigenvalue weighted by Crippen LogP contribution is -2.36. The van der Waals surface area contributed by atoms with Gasteiger partial charge in [-0.3, -0.25) is 4.79 Å². The van der Waals surface area contributed by atoms with Crippen LogP contribution in [0.25, 0.3) is 0 Å². The van der Waals surface area contributed by atoms with Gasteiger partial charge in [0.15, 0.2) is 0 Å². The second-order valence-corrected chi connectivity index (χ2v) is 3.89. The van der Waals surface area contributed by atoms with Crippen molar-refractivity contribution in [3.8, 4) is 0 Å². The molecule has 1 fully saturated rings. The fourth-order valence-electron chi connectivity index (χ4n) is 1.93. The first kappa shape index (κ1) is 11.5. The van der Waals surface area contributed by atoms with Gasteiger partial charge in [0.05, 0.1) is 6.61 Å². The van der Waals surface area contributed by atoms with Gasteiger partial charge in [-0.05, 0) is 26.2 Å². The Balaban J connectivity index is 2.22. The zero-order valence-electron chi connectivity index (χ0n) is 9.21. The second kappa shape index (κ2) is 6.02. The maximum absolute atomic E-state index is 11.4. The van der Waals surface area contributed by atoms with E-state index in [0.29, 0.717) is 12.6 Å². The van der Waals surface area contributed by atoms with E-state index in [1.165, 1.54) is 19.3 Å². The van der Waals surface area contributed by atoms with E-state index in [2.05, 4.69) is 12.2 Å². The van der Waals surface area contributed by atoms with Crippen LogP contribution < -0.4 is 5.32 Å². The molecule has 0 unspecified atom stereocenters. The fourth-order valence-corrected chi connectivity index (χ4v) is 1.93. The fraction of sp³-hybridized carbons (Fsp3) is 0.909. The molecule has 1 aliphatic heterocycles. The summed E-state index contributed by atoms with van der Waals surface area (Å²) in [4.78, 5) is 11.4. The Hall–Kier alpha value is -0.570. The van der Waals surface area contributed by atoms with Crippen LogP contribution in [-0.4, -0.2) is 24.7 Å². The van der Waals surface area contributed by atoms with E-state index in [1.54, 1.807) is 0 Å². The smallest absolute Gasteiger partial charge is 0.323 e. The van der Waals surface area contributed by atoms with Crippen molar-refractivity contribution in [2.75, 3.05) is 6.61 Å². The number of unbranched alkanes of at least 4 members (excludes halogenated alkanes) is 1. The van der Waals surface area contributed by atoms with Crippen molar-refractivity contribution in [2.45, 2.75) is 58.0 Å². The topological polar surface area (TPSA) is 38.3 Å². The summed E-state index contributed by atoms with van der Waals surface area (Å²) in [6.45, 7) is 4.52. The lowest BCUT2D eigenvalue weighted by atomic mass is 10.1. The number of nitrogens with one attached hydrogen (secondary N) is 1. The first-order chi connectivity index (χ1) is 6.77. The van der Waals surface area contributed by atoms with Gasteiger partial charge < -0.3 is 10.1 Å². The number of ether oxygens (including phenoxy) is 1. The van der Waals surface area contributed by atoms with Crippen LogP contribution in [0.15, 0.2) is 0 Å². The van der Waals surface area contributed by atoms with Crippen molar-refractivity contribution < 1.29 is 9.53 Å². The van der Waals surface area contributed by atoms with Crippen molar-refractivity contribution in [1.82, 2.24) is 5.32 Å². The largest absolute Gasteiger partial charge is 0.465 e. The molecule has 0 aromatic carbocycles. The minimum absolute atomic E-state index is 0.0446. The van der Waals surface area contributed by atoms with E-state index < -0.39 is 0 Å². The highest BCUT2D eigenvalue weighted by Crippen LogP contribution is 2.17. The summed E-state index contributed by atoms with van der Waals surface area (Å²) in [7, 11) is 0. The Kier molecular flexibility index (Phi) is 4.94. The molecule has 0 aromatic rings. The summed E-state index contributed by atoms with van der Waals surface area (Å²) in [6.07, 6.45) is 5.71. The van der Waals surface area contributed by atoms with Gasteiger partial charge in [-0.25, -0.2) is 0 Å². The zero-order chi connectivity index (χ0) is 10.4. The van der Waals surface area contributed by atoms with Crippen molar-refractivity contribution in [3.05, 3.63) is 0 Å². The Morgan fingerprint density at radius 2 is 2.21 bits per heavy atom. The van der Waals surface area contributed by atoms with E-state index in [0.717, 1.165) is 12.8 Å². The first-order valence-corrected chi connectivity index (χ1v) is 5.70. The predicted octanol–water partition coefficient (Wildman–Crippen LogP) is 1.86. The summed E-state index contributed by atoms with van der Waals surface area (Å²) in [5.74, 6) is -0.0773. The van der Waals surface area contributed by atoms with E-state index in [-0.39, 0.29) is 12.0 Å². The van der Waals surface area contributed by atoms with Gasteiger partial charge in [0, 0.05) is 6.04 Å². The number of hydrogen-bond donors (Lipinski definition) is 1. The number of carbonyl (C=O) groups is 1. The first-order valence-electron chi connectivity index (χ1n) is 5.70. The van der Waals surface area contributed by atoms with Gasteiger partial charge in [-0.2, -0.15) is 0 Å². The summed E-state index contributed by atoms with van der Waals surface area (Å²) in [6, 6.07) is 0.487. The molecule has 1 aliphatic rings. The SMILES string of the molecule is CCCC[C@H]1CC[C@@H](C(=O)OCC)N1. The molecular weight excluding hydrogens is 178 g/mol. The quantitative estimate of drug-likeness (QED) is 0.687. The Morgan fingerprint density at radius 3 is 2.86 bits per heavy atom. The van der Waals surface area contributed by atoms with Crippen molar-refractivity contribution in [3.63, 3.8) is 0 Å². The summed E-state index contributed by atoms with van der Waals surface area (Å²) < 4.78 is 4.98. The second-order valence-electron chi connectivity index (χ2n) is 3.89. The van der Waals surface area contributed by atoms with Gasteiger partial charge in [0.25, 0.3) is 0 Å². The Bertz CT molecular complexity index is 182. The van der Waals surface area contributed by atoms with Crippen molar-refractivity contribution in [2.24, 2.45) is 0 Å². The van der Waals surface area contributed by atoms with Gasteiger partial charge >= 0.3 is 5.97 Å². The highest BCUT2D eigenvalue weighted by molar-refractivity contribution is 5.76. The van der Waals surface area contributed by atoms with Gasteiger partial charge in [-0.15, -0.1) is 0 Å². The molecule has 0 aliphatic carbocycles. The van der Waals surface area contributed by atoms with Crippen LogP contribution in [0.5, 0.6) is 0 Å². The third-order valence-electron chi connectivity index (χ3n) is 2.72. The lowest BCUT2D eigenvalue weighted by Gasteiger charge is -2.12. The third kappa shape index (κ3) is 3.29. The molecule has 1 N–H and O–H groups in total. The molecule has 3 heteroatoms. The van der Waals surface area contributed by atoms with Crippen molar-refractivity contribution >= 4 is 5.97 Å². The molecule has 0 bridgehead atoms. The van der Waals surface area contributed by atoms with Crippen LogP contribution in [-0.2, 0) is 9.53 Å². The molecule has 1 heterocycles. The highest BCUT2D eigenvalue weighted by atomic mass is 16.5. The van der Waals surface area contributed by atoms with Gasteiger partial charge in [0.1, 0.15) is 6.04 Å². The van der Waals surface area contributed by atoms with Gasteiger partial charge in [-0.1, -0.05) is 19.8 Å². The van der Waals surface area contributed by atoms with Crippen LogP contribution in [0.4, 0.5) is 0 Å². The van der Waals surface area contributed by atoms with Crippen LogP contribution in [0.2, 0.25) is 0 Å². The average molecular weight is 199 g/mol. The normalized spacial score (nSPS) is 26.4. The summed E-state index contributed by atoms with van der Waals surface area (Å²) in [5, 5.41) is 3.34. The zero-order valence-corrected chi connectivity index (χ0v) is 9.21. The molecule has 0 saturated carbocycles. The average Bonchev–Trinajstić information content (AvgIpc) is 2.63. The molecule has 0 spiro atoms. The molecule has 14 heavy (non-hydrogen) atoms. The lowest BCUT2D eigenvalue weighted by molar-refractivity contribution is -0.145. The minimum Gasteiger partial charge on any atom is -0.465 e. The summed E-state index contributed by atoms with van der Waals surface area (Å²) >= 11 is 0. The van der Waals surface area contributed by atoms with E-state index in [1.807, 2.05) is 6.92 Å². The van der Waals surface area contributed by atoms with Crippen molar-refractivity contribution in [1.29, 1.82) is 0 Å². The predicted molar refractivity (Wildman–Crippen MR) is 56.1 cm³/mol. The number of carbonyl (C=O) groups excluding carboxylic acids is 1. The van der Waals surface area contributed by atoms with Crippen LogP contribution in [0.1, 0.15) is 46.0 Å². The third-order valence-corrected chi connectivity index (χ3v) is 2.72. The molecular formula is C11H21NO2. The monoisotopic (exact) mass is 199 g/mol. The number of esters is 1. The van der Waals surface area contributed by atoms with E-state index in [9.17, 15) is 4.79 Å². The summed E-state index contributed by atoms with van der Waals surface area (Å²) in [5.41, 5.74) is 0. The molecule has 0 aromatic heterocycles. The minimum atomic E-state index is -0.0773. The maximum atomic E-state index is 11.4. The molecule has 3 nitrogen and oxygen atoms in total. The molecule has 1 rings (SSSR count). The van der Waals surface area contributed by atoms with Crippen LogP contribution >= 0.6 is 0 Å². The molecule has 1 saturated heterocycles. The van der Waals surface area contributed by atoms with Crippen LogP contribution in [0.3, 0.4) is 0 Å². The molecule has 2 atom stereocenters. The molecule has 0 radical (unpaired) electrons. The van der Waals surface area contributed by atoms with E-state index in [4.69, 9.17) is 4.74 Å².